The number of aromatic hydroxyl groups is 1. The maximum absolute atomic E-state index is 9.17. The molecule has 2 nitrogen and oxygen atoms in total. The van der Waals surface area contributed by atoms with E-state index in [4.69, 9.17) is 22.0 Å². The van der Waals surface area contributed by atoms with Crippen molar-refractivity contribution in [3.8, 4) is 11.2 Å². The smallest absolute Gasteiger partial charge is 0.138 e. The number of aryl methyl sites for hydroxylation is 1. The summed E-state index contributed by atoms with van der Waals surface area (Å²) >= 11 is 6.68. The maximum Gasteiger partial charge on any atom is 0.138 e. The second-order valence-corrected chi connectivity index (χ2v) is 3.50. The van der Waals surface area contributed by atoms with Crippen LogP contribution in [-0.4, -0.2) is 5.11 Å². The van der Waals surface area contributed by atoms with Gasteiger partial charge in [0.2, 0.25) is 0 Å². The summed E-state index contributed by atoms with van der Waals surface area (Å²) in [5, 5.41) is 19.8. The molecule has 0 bridgehead atoms. The zero-order valence-corrected chi connectivity index (χ0v) is 7.91. The minimum absolute atomic E-state index is 0.0523. The molecule has 1 rings (SSSR count). The first-order valence-electron chi connectivity index (χ1n) is 3.20. The van der Waals surface area contributed by atoms with Gasteiger partial charge in [0, 0.05) is 4.90 Å². The van der Waals surface area contributed by atoms with E-state index >= 15 is 0 Å². The van der Waals surface area contributed by atoms with E-state index in [9.17, 15) is 0 Å². The van der Waals surface area contributed by atoms with E-state index in [-0.39, 0.29) is 10.8 Å². The molecule has 0 amide bonds. The number of thiocyanates is 1. The molecule has 1 N–H and O–H groups in total. The number of rotatable bonds is 1. The summed E-state index contributed by atoms with van der Waals surface area (Å²) in [4.78, 5) is 0.778. The Morgan fingerprint density at radius 1 is 1.58 bits per heavy atom. The van der Waals surface area contributed by atoms with Crippen LogP contribution in [0.15, 0.2) is 17.0 Å². The first kappa shape index (κ1) is 9.24. The van der Waals surface area contributed by atoms with Crippen molar-refractivity contribution in [1.29, 1.82) is 5.26 Å². The number of hydrogen-bond donors (Lipinski definition) is 1. The standard InChI is InChI=1S/C8H6ClNOS/c1-5-2-7(11)6(9)3-8(5)12-4-10/h2-3,11H,1H3. The largest absolute Gasteiger partial charge is 0.506 e. The zero-order valence-electron chi connectivity index (χ0n) is 6.34. The van der Waals surface area contributed by atoms with E-state index in [1.54, 1.807) is 12.1 Å². The van der Waals surface area contributed by atoms with Gasteiger partial charge in [0.1, 0.15) is 11.2 Å². The molecule has 0 saturated carbocycles. The van der Waals surface area contributed by atoms with Gasteiger partial charge in [-0.25, -0.2) is 0 Å². The molecule has 0 unspecified atom stereocenters. The highest BCUT2D eigenvalue weighted by Crippen LogP contribution is 2.31. The first-order chi connectivity index (χ1) is 5.65. The van der Waals surface area contributed by atoms with Crippen molar-refractivity contribution in [2.45, 2.75) is 11.8 Å². The van der Waals surface area contributed by atoms with Gasteiger partial charge < -0.3 is 5.11 Å². The topological polar surface area (TPSA) is 44.0 Å². The third-order valence-corrected chi connectivity index (χ3v) is 2.45. The Bertz CT molecular complexity index is 346. The summed E-state index contributed by atoms with van der Waals surface area (Å²) in [7, 11) is 0. The van der Waals surface area contributed by atoms with Gasteiger partial charge >= 0.3 is 0 Å². The molecule has 0 heterocycles. The minimum atomic E-state index is 0.0523. The van der Waals surface area contributed by atoms with Crippen molar-refractivity contribution in [2.75, 3.05) is 0 Å². The van der Waals surface area contributed by atoms with Gasteiger partial charge in [-0.2, -0.15) is 5.26 Å². The Hall–Kier alpha value is -0.850. The molecule has 62 valence electrons. The second kappa shape index (κ2) is 3.70. The third kappa shape index (κ3) is 1.84. The molecule has 0 aliphatic carbocycles. The Morgan fingerprint density at radius 2 is 2.25 bits per heavy atom. The molecule has 0 fully saturated rings. The first-order valence-corrected chi connectivity index (χ1v) is 4.39. The number of thioether (sulfide) groups is 1. The fourth-order valence-electron chi connectivity index (χ4n) is 0.807. The summed E-state index contributed by atoms with van der Waals surface area (Å²) in [6.07, 6.45) is 0. The number of phenolic OH excluding ortho intramolecular Hbond substituents is 1. The predicted molar refractivity (Wildman–Crippen MR) is 49.3 cm³/mol. The molecule has 0 atom stereocenters. The third-order valence-electron chi connectivity index (χ3n) is 1.40. The van der Waals surface area contributed by atoms with Crippen LogP contribution in [0.5, 0.6) is 5.75 Å². The predicted octanol–water partition coefficient (Wildman–Crippen LogP) is 2.93. The van der Waals surface area contributed by atoms with Gasteiger partial charge in [-0.3, -0.25) is 0 Å². The SMILES string of the molecule is Cc1cc(O)c(Cl)cc1SC#N. The zero-order chi connectivity index (χ0) is 9.14. The lowest BCUT2D eigenvalue weighted by molar-refractivity contribution is 0.474. The highest BCUT2D eigenvalue weighted by molar-refractivity contribution is 8.03. The average Bonchev–Trinajstić information content (AvgIpc) is 2.01. The van der Waals surface area contributed by atoms with Gasteiger partial charge in [0.25, 0.3) is 0 Å². The normalized spacial score (nSPS) is 9.42. The maximum atomic E-state index is 9.17. The van der Waals surface area contributed by atoms with E-state index in [1.807, 2.05) is 12.3 Å². The number of nitrogens with zero attached hydrogens (tertiary/aromatic N) is 1. The summed E-state index contributed by atoms with van der Waals surface area (Å²) < 4.78 is 0. The summed E-state index contributed by atoms with van der Waals surface area (Å²) in [5.74, 6) is 0.0523. The number of phenols is 1. The van der Waals surface area contributed by atoms with Crippen LogP contribution in [0.4, 0.5) is 0 Å². The van der Waals surface area contributed by atoms with E-state index in [2.05, 4.69) is 0 Å². The van der Waals surface area contributed by atoms with Crippen molar-refractivity contribution in [3.05, 3.63) is 22.7 Å². The van der Waals surface area contributed by atoms with Crippen LogP contribution in [-0.2, 0) is 0 Å². The monoisotopic (exact) mass is 199 g/mol. The molecular formula is C8H6ClNOS. The van der Waals surface area contributed by atoms with Crippen LogP contribution < -0.4 is 0 Å². The number of halogens is 1. The van der Waals surface area contributed by atoms with Gasteiger partial charge in [-0.15, -0.1) is 0 Å². The number of benzene rings is 1. The fraction of sp³-hybridized carbons (Fsp3) is 0.125. The Morgan fingerprint density at radius 3 is 2.83 bits per heavy atom. The van der Waals surface area contributed by atoms with Crippen LogP contribution in [0.25, 0.3) is 0 Å². The van der Waals surface area contributed by atoms with E-state index in [1.165, 1.54) is 0 Å². The minimum Gasteiger partial charge on any atom is -0.506 e. The van der Waals surface area contributed by atoms with Crippen LogP contribution in [0, 0.1) is 17.6 Å². The molecule has 0 radical (unpaired) electrons. The highest BCUT2D eigenvalue weighted by Gasteiger charge is 2.04. The van der Waals surface area contributed by atoms with Crippen molar-refractivity contribution in [2.24, 2.45) is 0 Å². The molecule has 12 heavy (non-hydrogen) atoms. The second-order valence-electron chi connectivity index (χ2n) is 2.26. The van der Waals surface area contributed by atoms with Crippen molar-refractivity contribution < 1.29 is 5.11 Å². The number of hydrogen-bond acceptors (Lipinski definition) is 3. The summed E-state index contributed by atoms with van der Waals surface area (Å²) in [5.41, 5.74) is 0.850. The van der Waals surface area contributed by atoms with Gasteiger partial charge in [0.05, 0.1) is 5.02 Å². The van der Waals surface area contributed by atoms with E-state index < -0.39 is 0 Å². The van der Waals surface area contributed by atoms with Crippen molar-refractivity contribution in [3.63, 3.8) is 0 Å². The molecule has 0 aromatic heterocycles. The molecule has 0 spiro atoms. The van der Waals surface area contributed by atoms with Crippen molar-refractivity contribution >= 4 is 23.4 Å². The Labute approximate surface area is 79.8 Å². The molecule has 0 aliphatic rings. The lowest BCUT2D eigenvalue weighted by atomic mass is 10.2. The number of nitriles is 1. The molecule has 1 aromatic rings. The Balaban J connectivity index is 3.16. The van der Waals surface area contributed by atoms with Gasteiger partial charge in [-0.1, -0.05) is 11.6 Å². The summed E-state index contributed by atoms with van der Waals surface area (Å²) in [6, 6.07) is 3.13. The van der Waals surface area contributed by atoms with Crippen molar-refractivity contribution in [1.82, 2.24) is 0 Å². The lowest BCUT2D eigenvalue weighted by Crippen LogP contribution is -1.78. The summed E-state index contributed by atoms with van der Waals surface area (Å²) in [6.45, 7) is 1.82. The quantitative estimate of drug-likeness (QED) is 0.559. The fourth-order valence-corrected chi connectivity index (χ4v) is 1.53. The molecule has 0 aliphatic heterocycles. The molecule has 4 heteroatoms. The van der Waals surface area contributed by atoms with E-state index in [0.29, 0.717) is 0 Å². The average molecular weight is 200 g/mol. The molecule has 0 saturated heterocycles. The molecular weight excluding hydrogens is 194 g/mol. The van der Waals surface area contributed by atoms with Crippen LogP contribution in [0.1, 0.15) is 5.56 Å². The van der Waals surface area contributed by atoms with Gasteiger partial charge in [-0.05, 0) is 36.4 Å². The van der Waals surface area contributed by atoms with Crippen LogP contribution in [0.2, 0.25) is 5.02 Å². The Kier molecular flexibility index (Phi) is 2.85. The van der Waals surface area contributed by atoms with Gasteiger partial charge in [0.15, 0.2) is 0 Å². The lowest BCUT2D eigenvalue weighted by Gasteiger charge is -2.02. The molecule has 1 aromatic carbocycles. The highest BCUT2D eigenvalue weighted by atomic mass is 35.5. The van der Waals surface area contributed by atoms with E-state index in [0.717, 1.165) is 22.2 Å². The van der Waals surface area contributed by atoms with Crippen LogP contribution >= 0.6 is 23.4 Å². The van der Waals surface area contributed by atoms with Crippen LogP contribution in [0.3, 0.4) is 0 Å².